The first-order chi connectivity index (χ1) is 13.1. The Balaban J connectivity index is 1.49. The first-order valence-corrected chi connectivity index (χ1v) is 8.50. The lowest BCUT2D eigenvalue weighted by Gasteiger charge is -2.13. The standard InChI is InChI=1S/C20H17N3O3S/c24-19(25)14-6-8-16(9-7-14)22-23-20(27)21-15-10-12-18(13-11-15)26-17-4-2-1-3-5-17/h1-13,22H,(H,24,25)(H2,21,23,27). The molecule has 0 spiro atoms. The van der Waals surface area contributed by atoms with Gasteiger partial charge in [-0.05, 0) is 72.9 Å². The van der Waals surface area contributed by atoms with Crippen molar-refractivity contribution in [2.45, 2.75) is 0 Å². The van der Waals surface area contributed by atoms with Crippen molar-refractivity contribution in [1.29, 1.82) is 0 Å². The number of carboxylic acid groups (broad SMARTS) is 1. The SMILES string of the molecule is O=C(O)c1ccc(NNC(=S)Nc2ccc(Oc3ccccc3)cc2)cc1. The van der Waals surface area contributed by atoms with E-state index >= 15 is 0 Å². The van der Waals surface area contributed by atoms with Crippen LogP contribution in [0.1, 0.15) is 10.4 Å². The average molecular weight is 379 g/mol. The number of carboxylic acids is 1. The molecular weight excluding hydrogens is 362 g/mol. The van der Waals surface area contributed by atoms with Crippen molar-refractivity contribution < 1.29 is 14.6 Å². The van der Waals surface area contributed by atoms with Crippen molar-refractivity contribution in [1.82, 2.24) is 5.43 Å². The summed E-state index contributed by atoms with van der Waals surface area (Å²) >= 11 is 5.23. The van der Waals surface area contributed by atoms with Crippen molar-refractivity contribution in [3.8, 4) is 11.5 Å². The first kappa shape index (κ1) is 18.2. The van der Waals surface area contributed by atoms with E-state index in [0.29, 0.717) is 10.8 Å². The maximum absolute atomic E-state index is 10.8. The fourth-order valence-corrected chi connectivity index (χ4v) is 2.39. The third-order valence-electron chi connectivity index (χ3n) is 3.54. The molecule has 0 bridgehead atoms. The Bertz CT molecular complexity index is 913. The molecule has 0 radical (unpaired) electrons. The highest BCUT2D eigenvalue weighted by Crippen LogP contribution is 2.22. The molecule has 4 N–H and O–H groups in total. The van der Waals surface area contributed by atoms with Gasteiger partial charge >= 0.3 is 5.97 Å². The van der Waals surface area contributed by atoms with Gasteiger partial charge in [-0.1, -0.05) is 18.2 Å². The molecule has 27 heavy (non-hydrogen) atoms. The maximum atomic E-state index is 10.8. The minimum absolute atomic E-state index is 0.221. The van der Waals surface area contributed by atoms with Gasteiger partial charge < -0.3 is 15.2 Å². The highest BCUT2D eigenvalue weighted by atomic mass is 32.1. The van der Waals surface area contributed by atoms with Gasteiger partial charge in [-0.3, -0.25) is 10.9 Å². The summed E-state index contributed by atoms with van der Waals surface area (Å²) in [5, 5.41) is 12.3. The molecule has 136 valence electrons. The van der Waals surface area contributed by atoms with Crippen LogP contribution >= 0.6 is 12.2 Å². The van der Waals surface area contributed by atoms with Crippen molar-refractivity contribution >= 4 is 34.7 Å². The molecule has 0 saturated heterocycles. The van der Waals surface area contributed by atoms with Gasteiger partial charge in [0.1, 0.15) is 11.5 Å². The maximum Gasteiger partial charge on any atom is 0.335 e. The molecule has 3 aromatic carbocycles. The second-order valence-electron chi connectivity index (χ2n) is 5.53. The van der Waals surface area contributed by atoms with Gasteiger partial charge in [0.2, 0.25) is 0 Å². The Labute approximate surface area is 161 Å². The van der Waals surface area contributed by atoms with Gasteiger partial charge in [0.05, 0.1) is 11.3 Å². The quantitative estimate of drug-likeness (QED) is 0.371. The number of hydrogen-bond acceptors (Lipinski definition) is 4. The predicted molar refractivity (Wildman–Crippen MR) is 109 cm³/mol. The van der Waals surface area contributed by atoms with Gasteiger partial charge in [-0.2, -0.15) is 0 Å². The van der Waals surface area contributed by atoms with Crippen LogP contribution in [0.25, 0.3) is 0 Å². The zero-order valence-electron chi connectivity index (χ0n) is 14.2. The molecule has 0 aliphatic rings. The van der Waals surface area contributed by atoms with Crippen LogP contribution < -0.4 is 20.9 Å². The number of thiocarbonyl (C=S) groups is 1. The molecular formula is C20H17N3O3S. The first-order valence-electron chi connectivity index (χ1n) is 8.09. The number of anilines is 2. The number of aromatic carboxylic acids is 1. The number of hydrogen-bond donors (Lipinski definition) is 4. The lowest BCUT2D eigenvalue weighted by molar-refractivity contribution is 0.0697. The van der Waals surface area contributed by atoms with Crippen LogP contribution in [0, 0.1) is 0 Å². The van der Waals surface area contributed by atoms with Crippen molar-refractivity contribution in [3.05, 3.63) is 84.4 Å². The third-order valence-corrected chi connectivity index (χ3v) is 3.75. The third kappa shape index (κ3) is 5.45. The lowest BCUT2D eigenvalue weighted by Crippen LogP contribution is -2.33. The minimum atomic E-state index is -0.966. The van der Waals surface area contributed by atoms with E-state index in [-0.39, 0.29) is 5.56 Å². The van der Waals surface area contributed by atoms with Crippen LogP contribution in [0.3, 0.4) is 0 Å². The number of para-hydroxylation sites is 1. The molecule has 0 aliphatic carbocycles. The summed E-state index contributed by atoms with van der Waals surface area (Å²) in [7, 11) is 0. The summed E-state index contributed by atoms with van der Waals surface area (Å²) in [4.78, 5) is 10.8. The van der Waals surface area contributed by atoms with E-state index in [9.17, 15) is 4.79 Å². The van der Waals surface area contributed by atoms with Crippen LogP contribution in [0.2, 0.25) is 0 Å². The summed E-state index contributed by atoms with van der Waals surface area (Å²) in [5.74, 6) is 0.530. The number of hydrazine groups is 1. The molecule has 3 aromatic rings. The van der Waals surface area contributed by atoms with Crippen LogP contribution in [0.5, 0.6) is 11.5 Å². The van der Waals surface area contributed by atoms with Gasteiger partial charge in [-0.25, -0.2) is 4.79 Å². The minimum Gasteiger partial charge on any atom is -0.478 e. The smallest absolute Gasteiger partial charge is 0.335 e. The molecule has 7 heteroatoms. The lowest BCUT2D eigenvalue weighted by atomic mass is 10.2. The zero-order valence-corrected chi connectivity index (χ0v) is 15.0. The number of rotatable bonds is 6. The van der Waals surface area contributed by atoms with E-state index < -0.39 is 5.97 Å². The van der Waals surface area contributed by atoms with Crippen molar-refractivity contribution in [3.63, 3.8) is 0 Å². The molecule has 0 atom stereocenters. The largest absolute Gasteiger partial charge is 0.478 e. The molecule has 3 rings (SSSR count). The molecule has 0 unspecified atom stereocenters. The Morgan fingerprint density at radius 1 is 0.815 bits per heavy atom. The van der Waals surface area contributed by atoms with E-state index in [0.717, 1.165) is 17.2 Å². The highest BCUT2D eigenvalue weighted by molar-refractivity contribution is 7.80. The van der Waals surface area contributed by atoms with Crippen LogP contribution in [0.15, 0.2) is 78.9 Å². The van der Waals surface area contributed by atoms with E-state index in [1.807, 2.05) is 54.6 Å². The summed E-state index contributed by atoms with van der Waals surface area (Å²) in [6.45, 7) is 0. The Hall–Kier alpha value is -3.58. The Morgan fingerprint density at radius 2 is 1.41 bits per heavy atom. The number of ether oxygens (including phenoxy) is 1. The Kier molecular flexibility index (Phi) is 5.86. The molecule has 0 heterocycles. The van der Waals surface area contributed by atoms with Gasteiger partial charge in [0.25, 0.3) is 0 Å². The summed E-state index contributed by atoms with van der Waals surface area (Å²) in [5.41, 5.74) is 7.46. The Morgan fingerprint density at radius 3 is 2.04 bits per heavy atom. The van der Waals surface area contributed by atoms with Crippen LogP contribution in [0.4, 0.5) is 11.4 Å². The van der Waals surface area contributed by atoms with E-state index in [4.69, 9.17) is 22.1 Å². The molecule has 0 amide bonds. The van der Waals surface area contributed by atoms with E-state index in [2.05, 4.69) is 16.2 Å². The van der Waals surface area contributed by atoms with Crippen molar-refractivity contribution in [2.24, 2.45) is 0 Å². The van der Waals surface area contributed by atoms with Gasteiger partial charge in [0.15, 0.2) is 5.11 Å². The van der Waals surface area contributed by atoms with E-state index in [1.54, 1.807) is 12.1 Å². The molecule has 0 aromatic heterocycles. The summed E-state index contributed by atoms with van der Waals surface area (Å²) < 4.78 is 5.74. The van der Waals surface area contributed by atoms with E-state index in [1.165, 1.54) is 12.1 Å². The molecule has 0 fully saturated rings. The summed E-state index contributed by atoms with van der Waals surface area (Å²) in [6.07, 6.45) is 0. The normalized spacial score (nSPS) is 9.93. The second-order valence-corrected chi connectivity index (χ2v) is 5.93. The topological polar surface area (TPSA) is 82.6 Å². The fraction of sp³-hybridized carbons (Fsp3) is 0. The highest BCUT2D eigenvalue weighted by Gasteiger charge is 2.03. The van der Waals surface area contributed by atoms with Crippen LogP contribution in [-0.4, -0.2) is 16.2 Å². The number of nitrogens with one attached hydrogen (secondary N) is 3. The fourth-order valence-electron chi connectivity index (χ4n) is 2.22. The molecule has 6 nitrogen and oxygen atoms in total. The van der Waals surface area contributed by atoms with Gasteiger partial charge in [0, 0.05) is 5.69 Å². The zero-order chi connectivity index (χ0) is 19.1. The number of carbonyl (C=O) groups is 1. The van der Waals surface area contributed by atoms with Crippen molar-refractivity contribution in [2.75, 3.05) is 10.7 Å². The average Bonchev–Trinajstić information content (AvgIpc) is 2.69. The molecule has 0 aliphatic heterocycles. The predicted octanol–water partition coefficient (Wildman–Crippen LogP) is 4.49. The van der Waals surface area contributed by atoms with Crippen LogP contribution in [-0.2, 0) is 0 Å². The summed E-state index contributed by atoms with van der Waals surface area (Å²) in [6, 6.07) is 23.2. The second kappa shape index (κ2) is 8.68. The monoisotopic (exact) mass is 379 g/mol. The number of benzene rings is 3. The van der Waals surface area contributed by atoms with Gasteiger partial charge in [-0.15, -0.1) is 0 Å². The molecule has 0 saturated carbocycles.